The Hall–Kier alpha value is -1.85. The minimum atomic E-state index is -3.62. The molecule has 4 nitrogen and oxygen atoms in total. The monoisotopic (exact) mass is 298 g/mol. The zero-order valence-electron chi connectivity index (χ0n) is 12.0. The average molecular weight is 298 g/mol. The van der Waals surface area contributed by atoms with Crippen LogP contribution >= 0.6 is 0 Å². The van der Waals surface area contributed by atoms with Gasteiger partial charge in [-0.3, -0.25) is 4.79 Å². The van der Waals surface area contributed by atoms with Crippen LogP contribution in [0.5, 0.6) is 11.5 Å². The Morgan fingerprint density at radius 3 is 2.62 bits per heavy atom. The summed E-state index contributed by atoms with van der Waals surface area (Å²) >= 11 is 0. The number of hydrogen-bond acceptors (Lipinski definition) is 4. The highest BCUT2D eigenvalue weighted by Gasteiger charge is 2.63. The zero-order valence-corrected chi connectivity index (χ0v) is 12.0. The van der Waals surface area contributed by atoms with Crippen LogP contribution < -0.4 is 9.47 Å². The molecule has 1 aliphatic heterocycles. The molecule has 0 aromatic heterocycles. The maximum Gasteiger partial charge on any atom is 0.586 e. The van der Waals surface area contributed by atoms with E-state index in [1.165, 1.54) is 12.1 Å². The quantitative estimate of drug-likeness (QED) is 0.803. The fraction of sp³-hybridized carbons (Fsp3) is 0.533. The summed E-state index contributed by atoms with van der Waals surface area (Å²) in [5.74, 6) is -0.578. The van der Waals surface area contributed by atoms with Gasteiger partial charge in [0, 0.05) is 5.92 Å². The van der Waals surface area contributed by atoms with Gasteiger partial charge < -0.3 is 14.2 Å². The second-order valence-corrected chi connectivity index (χ2v) is 5.90. The SMILES string of the molecule is CCOC(=O)[C@@H]1[C@@H](c2ccc3c(c2)OC(F)(F)O3)C1(C)C. The van der Waals surface area contributed by atoms with Crippen LogP contribution in [0.1, 0.15) is 32.3 Å². The van der Waals surface area contributed by atoms with Crippen molar-refractivity contribution >= 4 is 5.97 Å². The van der Waals surface area contributed by atoms with Crippen molar-refractivity contribution in [2.45, 2.75) is 33.0 Å². The standard InChI is InChI=1S/C15H16F2O4/c1-4-19-13(18)12-11(14(12,2)3)8-5-6-9-10(7-8)21-15(16,17)20-9/h5-7,11-12H,4H2,1-3H3/t11-,12+/m1/s1. The van der Waals surface area contributed by atoms with Gasteiger partial charge in [0.2, 0.25) is 0 Å². The Bertz CT molecular complexity index is 597. The molecule has 1 saturated carbocycles. The van der Waals surface area contributed by atoms with E-state index in [9.17, 15) is 13.6 Å². The van der Waals surface area contributed by atoms with Crippen molar-refractivity contribution in [3.63, 3.8) is 0 Å². The van der Waals surface area contributed by atoms with Crippen molar-refractivity contribution in [1.29, 1.82) is 0 Å². The van der Waals surface area contributed by atoms with Crippen molar-refractivity contribution in [2.75, 3.05) is 6.61 Å². The number of hydrogen-bond donors (Lipinski definition) is 0. The molecule has 3 rings (SSSR count). The number of carbonyl (C=O) groups is 1. The molecule has 0 bridgehead atoms. The van der Waals surface area contributed by atoms with Crippen molar-refractivity contribution in [3.05, 3.63) is 23.8 Å². The van der Waals surface area contributed by atoms with Gasteiger partial charge in [0.15, 0.2) is 11.5 Å². The second kappa shape index (κ2) is 4.32. The van der Waals surface area contributed by atoms with E-state index in [-0.39, 0.29) is 34.7 Å². The largest absolute Gasteiger partial charge is 0.586 e. The van der Waals surface area contributed by atoms with Gasteiger partial charge in [-0.25, -0.2) is 0 Å². The fourth-order valence-corrected chi connectivity index (χ4v) is 3.09. The highest BCUT2D eigenvalue weighted by Crippen LogP contribution is 2.65. The number of fused-ring (bicyclic) bond motifs is 1. The lowest BCUT2D eigenvalue weighted by Gasteiger charge is -2.04. The molecular weight excluding hydrogens is 282 g/mol. The summed E-state index contributed by atoms with van der Waals surface area (Å²) in [6.07, 6.45) is -3.62. The van der Waals surface area contributed by atoms with E-state index in [1.54, 1.807) is 13.0 Å². The Morgan fingerprint density at radius 1 is 1.29 bits per heavy atom. The Kier molecular flexibility index (Phi) is 2.90. The third-order valence-corrected chi connectivity index (χ3v) is 4.15. The van der Waals surface area contributed by atoms with Crippen LogP contribution in [0.2, 0.25) is 0 Å². The number of esters is 1. The molecular formula is C15H16F2O4. The summed E-state index contributed by atoms with van der Waals surface area (Å²) in [6, 6.07) is 4.65. The predicted molar refractivity (Wildman–Crippen MR) is 69.3 cm³/mol. The van der Waals surface area contributed by atoms with E-state index in [2.05, 4.69) is 9.47 Å². The third kappa shape index (κ3) is 2.22. The molecule has 1 aliphatic carbocycles. The Balaban J connectivity index is 1.85. The number of carbonyl (C=O) groups excluding carboxylic acids is 1. The van der Waals surface area contributed by atoms with Gasteiger partial charge in [-0.2, -0.15) is 0 Å². The van der Waals surface area contributed by atoms with Crippen molar-refractivity contribution in [3.8, 4) is 11.5 Å². The molecule has 0 radical (unpaired) electrons. The summed E-state index contributed by atoms with van der Waals surface area (Å²) in [5, 5.41) is 0. The number of ether oxygens (including phenoxy) is 3. The van der Waals surface area contributed by atoms with Crippen LogP contribution in [0.25, 0.3) is 0 Å². The lowest BCUT2D eigenvalue weighted by molar-refractivity contribution is -0.286. The highest BCUT2D eigenvalue weighted by molar-refractivity contribution is 5.79. The molecule has 114 valence electrons. The van der Waals surface area contributed by atoms with Gasteiger partial charge in [0.05, 0.1) is 12.5 Å². The third-order valence-electron chi connectivity index (χ3n) is 4.15. The van der Waals surface area contributed by atoms with Crippen LogP contribution in [-0.2, 0) is 9.53 Å². The molecule has 1 aromatic rings. The molecule has 0 amide bonds. The van der Waals surface area contributed by atoms with E-state index in [1.807, 2.05) is 13.8 Å². The first-order valence-electron chi connectivity index (χ1n) is 6.82. The zero-order chi connectivity index (χ0) is 15.4. The molecule has 2 aliphatic rings. The summed E-state index contributed by atoms with van der Waals surface area (Å²) < 4.78 is 39.9. The van der Waals surface area contributed by atoms with Gasteiger partial charge in [-0.15, -0.1) is 8.78 Å². The molecule has 2 atom stereocenters. The topological polar surface area (TPSA) is 44.8 Å². The van der Waals surface area contributed by atoms with E-state index < -0.39 is 6.29 Å². The average Bonchev–Trinajstić information content (AvgIpc) is 2.80. The van der Waals surface area contributed by atoms with Crippen LogP contribution in [0.15, 0.2) is 18.2 Å². The molecule has 6 heteroatoms. The maximum atomic E-state index is 13.0. The summed E-state index contributed by atoms with van der Waals surface area (Å²) in [4.78, 5) is 11.9. The lowest BCUT2D eigenvalue weighted by atomic mass is 10.0. The van der Waals surface area contributed by atoms with E-state index in [0.717, 1.165) is 5.56 Å². The molecule has 0 spiro atoms. The molecule has 1 fully saturated rings. The first-order valence-corrected chi connectivity index (χ1v) is 6.82. The van der Waals surface area contributed by atoms with Crippen LogP contribution in [-0.4, -0.2) is 18.9 Å². The molecule has 0 N–H and O–H groups in total. The van der Waals surface area contributed by atoms with Crippen molar-refractivity contribution in [2.24, 2.45) is 11.3 Å². The van der Waals surface area contributed by atoms with Crippen LogP contribution in [0.4, 0.5) is 8.78 Å². The van der Waals surface area contributed by atoms with Crippen LogP contribution in [0.3, 0.4) is 0 Å². The predicted octanol–water partition coefficient (Wildman–Crippen LogP) is 3.31. The van der Waals surface area contributed by atoms with Gasteiger partial charge >= 0.3 is 12.3 Å². The molecule has 21 heavy (non-hydrogen) atoms. The molecule has 0 saturated heterocycles. The summed E-state index contributed by atoms with van der Waals surface area (Å²) in [7, 11) is 0. The van der Waals surface area contributed by atoms with Crippen molar-refractivity contribution in [1.82, 2.24) is 0 Å². The first-order chi connectivity index (χ1) is 9.76. The number of halogens is 2. The van der Waals surface area contributed by atoms with Gasteiger partial charge in [0.1, 0.15) is 0 Å². The minimum Gasteiger partial charge on any atom is -0.466 e. The van der Waals surface area contributed by atoms with Crippen molar-refractivity contribution < 1.29 is 27.8 Å². The van der Waals surface area contributed by atoms with Crippen LogP contribution in [0, 0.1) is 11.3 Å². The second-order valence-electron chi connectivity index (χ2n) is 5.90. The van der Waals surface area contributed by atoms with E-state index in [0.29, 0.717) is 6.61 Å². The molecule has 0 unspecified atom stereocenters. The fourth-order valence-electron chi connectivity index (χ4n) is 3.09. The van der Waals surface area contributed by atoms with E-state index >= 15 is 0 Å². The normalized spacial score (nSPS) is 27.3. The molecule has 1 aromatic carbocycles. The van der Waals surface area contributed by atoms with Gasteiger partial charge in [-0.1, -0.05) is 19.9 Å². The van der Waals surface area contributed by atoms with Gasteiger partial charge in [0.25, 0.3) is 0 Å². The Labute approximate surface area is 121 Å². The first kappa shape index (κ1) is 14.1. The number of rotatable bonds is 3. The molecule has 1 heterocycles. The number of alkyl halides is 2. The summed E-state index contributed by atoms with van der Waals surface area (Å²) in [6.45, 7) is 5.99. The van der Waals surface area contributed by atoms with E-state index in [4.69, 9.17) is 4.74 Å². The smallest absolute Gasteiger partial charge is 0.466 e. The van der Waals surface area contributed by atoms with Gasteiger partial charge in [-0.05, 0) is 30.0 Å². The Morgan fingerprint density at radius 2 is 1.95 bits per heavy atom. The maximum absolute atomic E-state index is 13.0. The summed E-state index contributed by atoms with van der Waals surface area (Å²) in [5.41, 5.74) is 0.515. The minimum absolute atomic E-state index is 0.00260. The number of benzene rings is 1. The highest BCUT2D eigenvalue weighted by atomic mass is 19.3. The lowest BCUT2D eigenvalue weighted by Crippen LogP contribution is -2.25.